The number of likely N-dealkylation sites (tertiary alicyclic amines) is 2. The summed E-state index contributed by atoms with van der Waals surface area (Å²) >= 11 is 0. The first-order chi connectivity index (χ1) is 29.9. The molecule has 5 heterocycles. The van der Waals surface area contributed by atoms with E-state index in [0.29, 0.717) is 19.1 Å². The quantitative estimate of drug-likeness (QED) is 0.110. The fraction of sp³-hybridized carbons (Fsp3) is 0.447. The lowest BCUT2D eigenvalue weighted by Crippen LogP contribution is -2.54. The van der Waals surface area contributed by atoms with E-state index in [1.165, 1.54) is 14.2 Å². The van der Waals surface area contributed by atoms with Crippen LogP contribution >= 0.6 is 0 Å². The molecule has 3 aliphatic heterocycles. The maximum atomic E-state index is 14.1. The summed E-state index contributed by atoms with van der Waals surface area (Å²) in [6.07, 6.45) is 5.09. The fourth-order valence-corrected chi connectivity index (χ4v) is 10.1. The number of imidazole rings is 2. The second-order valence-corrected chi connectivity index (χ2v) is 17.7. The van der Waals surface area contributed by atoms with Gasteiger partial charge >= 0.3 is 12.2 Å². The third-order valence-electron chi connectivity index (χ3n) is 13.3. The number of carbonyl (C=O) groups excluding carboxylic acids is 4. The number of nitrogens with one attached hydrogen (secondary N) is 4. The van der Waals surface area contributed by atoms with E-state index in [1.807, 2.05) is 49.8 Å². The van der Waals surface area contributed by atoms with Crippen LogP contribution in [-0.2, 0) is 25.7 Å². The summed E-state index contributed by atoms with van der Waals surface area (Å²) in [6, 6.07) is 17.1. The second kappa shape index (κ2) is 16.5. The molecule has 324 valence electrons. The standard InChI is InChI=1S/C47H54N8O7/c1-24(2)39(52-46(58)60-5)44(56)54-17-7-8-37(54)42-48-22-36(51-42)28-11-14-32-30(18-28)23-62-38-21-27(10-15-33(32)38)26-12-16-34-35(20-26)50-43(49-34)41-29-9-13-31(19-29)55(41)45(57)40(25(3)4)53-47(59)61-6/h10-12,14-16,18,20-22,24-25,29,31,37,39-41H,7-9,13,17,19,23H2,1-6H3,(H,48,51)(H,49,50)(H,52,58)(H,53,59)/t29-,31+,37-,39-,40-,41-/m0/s1. The number of hydrogen-bond donors (Lipinski definition) is 4. The first-order valence-electron chi connectivity index (χ1n) is 21.7. The molecule has 62 heavy (non-hydrogen) atoms. The Bertz CT molecular complexity index is 2550. The molecule has 5 aromatic rings. The Morgan fingerprint density at radius 1 is 0.790 bits per heavy atom. The molecule has 15 nitrogen and oxygen atoms in total. The van der Waals surface area contributed by atoms with E-state index in [9.17, 15) is 19.2 Å². The van der Waals surface area contributed by atoms with Crippen molar-refractivity contribution in [2.75, 3.05) is 20.8 Å². The minimum Gasteiger partial charge on any atom is -0.488 e. The molecule has 1 saturated carbocycles. The minimum atomic E-state index is -0.697. The number of fused-ring (bicyclic) bond motifs is 6. The Morgan fingerprint density at radius 2 is 1.48 bits per heavy atom. The number of rotatable bonds is 10. The van der Waals surface area contributed by atoms with Gasteiger partial charge in [-0.05, 0) is 102 Å². The number of nitrogens with zero attached hydrogens (tertiary/aromatic N) is 4. The number of alkyl carbamates (subject to hydrolysis) is 2. The highest BCUT2D eigenvalue weighted by atomic mass is 16.5. The van der Waals surface area contributed by atoms with Gasteiger partial charge < -0.3 is 44.6 Å². The lowest BCUT2D eigenvalue weighted by molar-refractivity contribution is -0.139. The highest BCUT2D eigenvalue weighted by Gasteiger charge is 2.51. The number of carbonyl (C=O) groups is 4. The van der Waals surface area contributed by atoms with Gasteiger partial charge in [0.05, 0.1) is 49.2 Å². The molecule has 2 bridgehead atoms. The normalized spacial score (nSPS) is 21.1. The van der Waals surface area contributed by atoms with Crippen LogP contribution in [0.2, 0.25) is 0 Å². The monoisotopic (exact) mass is 842 g/mol. The first kappa shape index (κ1) is 41.0. The van der Waals surface area contributed by atoms with Crippen molar-refractivity contribution in [3.63, 3.8) is 0 Å². The Balaban J connectivity index is 0.920. The number of H-pyrrole nitrogens is 2. The van der Waals surface area contributed by atoms with Gasteiger partial charge in [-0.3, -0.25) is 9.59 Å². The molecule has 4 N–H and O–H groups in total. The zero-order valence-electron chi connectivity index (χ0n) is 36.0. The van der Waals surface area contributed by atoms with Gasteiger partial charge in [0.25, 0.3) is 0 Å². The molecular formula is C47H54N8O7. The number of hydrogen-bond acceptors (Lipinski definition) is 9. The van der Waals surface area contributed by atoms with Crippen LogP contribution in [0.25, 0.3) is 44.5 Å². The van der Waals surface area contributed by atoms with Crippen molar-refractivity contribution in [1.82, 2.24) is 40.4 Å². The third-order valence-corrected chi connectivity index (χ3v) is 13.3. The highest BCUT2D eigenvalue weighted by Crippen LogP contribution is 2.50. The number of aromatic amines is 2. The van der Waals surface area contributed by atoms with E-state index < -0.39 is 24.3 Å². The molecular weight excluding hydrogens is 789 g/mol. The highest BCUT2D eigenvalue weighted by molar-refractivity contribution is 5.89. The zero-order valence-corrected chi connectivity index (χ0v) is 36.0. The topological polar surface area (TPSA) is 184 Å². The van der Waals surface area contributed by atoms with Crippen molar-refractivity contribution in [2.45, 2.75) is 96.6 Å². The van der Waals surface area contributed by atoms with E-state index in [4.69, 9.17) is 24.2 Å². The lowest BCUT2D eigenvalue weighted by Gasteiger charge is -2.37. The molecule has 0 unspecified atom stereocenters. The number of piperidine rings is 1. The molecule has 2 aromatic heterocycles. The van der Waals surface area contributed by atoms with Gasteiger partial charge in [-0.15, -0.1) is 0 Å². The molecule has 2 saturated heterocycles. The predicted octanol–water partition coefficient (Wildman–Crippen LogP) is 7.66. The number of benzene rings is 3. The van der Waals surface area contributed by atoms with Gasteiger partial charge in [-0.1, -0.05) is 58.0 Å². The van der Waals surface area contributed by atoms with Gasteiger partial charge in [0.15, 0.2) is 0 Å². The Morgan fingerprint density at radius 3 is 2.23 bits per heavy atom. The van der Waals surface area contributed by atoms with Crippen molar-refractivity contribution in [2.24, 2.45) is 17.8 Å². The maximum Gasteiger partial charge on any atom is 0.407 e. The minimum absolute atomic E-state index is 0.0973. The van der Waals surface area contributed by atoms with Crippen LogP contribution in [0.5, 0.6) is 5.75 Å². The van der Waals surface area contributed by atoms with Crippen LogP contribution in [0.1, 0.15) is 89.1 Å². The summed E-state index contributed by atoms with van der Waals surface area (Å²) < 4.78 is 16.0. The molecule has 15 heteroatoms. The molecule has 3 aromatic carbocycles. The van der Waals surface area contributed by atoms with Gasteiger partial charge in [-0.2, -0.15) is 0 Å². The van der Waals surface area contributed by atoms with Gasteiger partial charge in [0.1, 0.15) is 36.1 Å². The summed E-state index contributed by atoms with van der Waals surface area (Å²) in [5.74, 6) is 2.13. The molecule has 4 aliphatic rings. The lowest BCUT2D eigenvalue weighted by atomic mass is 9.92. The van der Waals surface area contributed by atoms with Crippen molar-refractivity contribution in [3.8, 4) is 39.3 Å². The summed E-state index contributed by atoms with van der Waals surface area (Å²) in [4.78, 5) is 72.5. The number of amides is 4. The largest absolute Gasteiger partial charge is 0.488 e. The van der Waals surface area contributed by atoms with Gasteiger partial charge in [0, 0.05) is 18.2 Å². The summed E-state index contributed by atoms with van der Waals surface area (Å²) in [6.45, 7) is 8.66. The fourth-order valence-electron chi connectivity index (χ4n) is 10.1. The molecule has 0 spiro atoms. The van der Waals surface area contributed by atoms with Crippen LogP contribution < -0.4 is 15.4 Å². The molecule has 9 rings (SSSR count). The Labute approximate surface area is 360 Å². The molecule has 6 atom stereocenters. The van der Waals surface area contributed by atoms with Crippen molar-refractivity contribution >= 4 is 35.0 Å². The van der Waals surface area contributed by atoms with Crippen molar-refractivity contribution < 1.29 is 33.4 Å². The number of ether oxygens (including phenoxy) is 3. The van der Waals surface area contributed by atoms with Crippen molar-refractivity contribution in [1.29, 1.82) is 0 Å². The Hall–Kier alpha value is -6.38. The Kier molecular flexibility index (Phi) is 10.9. The summed E-state index contributed by atoms with van der Waals surface area (Å²) in [5, 5.41) is 5.48. The maximum absolute atomic E-state index is 14.1. The second-order valence-electron chi connectivity index (χ2n) is 17.7. The molecule has 3 fully saturated rings. The predicted molar refractivity (Wildman–Crippen MR) is 232 cm³/mol. The van der Waals surface area contributed by atoms with Crippen LogP contribution in [0.15, 0.2) is 60.8 Å². The summed E-state index contributed by atoms with van der Waals surface area (Å²) in [7, 11) is 2.60. The average Bonchev–Trinajstić information content (AvgIpc) is 4.14. The zero-order chi connectivity index (χ0) is 43.4. The van der Waals surface area contributed by atoms with E-state index >= 15 is 0 Å². The third kappa shape index (κ3) is 7.40. The van der Waals surface area contributed by atoms with Crippen LogP contribution in [0.3, 0.4) is 0 Å². The summed E-state index contributed by atoms with van der Waals surface area (Å²) in [5.41, 5.74) is 8.75. The number of methoxy groups -OCH3 is 2. The van der Waals surface area contributed by atoms with Crippen LogP contribution in [0, 0.1) is 17.8 Å². The molecule has 4 amide bonds. The van der Waals surface area contributed by atoms with Gasteiger partial charge in [-0.25, -0.2) is 19.6 Å². The van der Waals surface area contributed by atoms with E-state index in [-0.39, 0.29) is 41.8 Å². The van der Waals surface area contributed by atoms with E-state index in [0.717, 1.165) is 99.6 Å². The van der Waals surface area contributed by atoms with Crippen molar-refractivity contribution in [3.05, 3.63) is 78.0 Å². The van der Waals surface area contributed by atoms with E-state index in [1.54, 1.807) is 0 Å². The number of aromatic nitrogens is 4. The van der Waals surface area contributed by atoms with Gasteiger partial charge in [0.2, 0.25) is 11.8 Å². The first-order valence-corrected chi connectivity index (χ1v) is 21.7. The molecule has 1 aliphatic carbocycles. The average molecular weight is 843 g/mol. The van der Waals surface area contributed by atoms with Crippen LogP contribution in [0.4, 0.5) is 9.59 Å². The van der Waals surface area contributed by atoms with Crippen LogP contribution in [-0.4, -0.2) is 92.6 Å². The van der Waals surface area contributed by atoms with E-state index in [2.05, 4.69) is 69.1 Å². The SMILES string of the molecule is COC(=O)N[C@H](C(=O)N1CCC[C@H]1c1ncc(-c2ccc3c(c2)COc2cc(-c4ccc5nc([C@@H]6[C@H]7CC[C@H](C7)N6C(=O)[C@@H](NC(=O)OC)C(C)C)[nH]c5c4)ccc2-3)[nH]1)C(C)C. The smallest absolute Gasteiger partial charge is 0.407 e. The molecule has 0 radical (unpaired) electrons.